The second-order valence-corrected chi connectivity index (χ2v) is 4.95. The Morgan fingerprint density at radius 3 is 2.90 bits per heavy atom. The number of nitrogens with two attached hydrogens (primary N) is 1. The minimum absolute atomic E-state index is 0.389. The lowest BCUT2D eigenvalue weighted by Gasteiger charge is -2.05. The number of rotatable bonds is 4. The lowest BCUT2D eigenvalue weighted by atomic mass is 10.3. The Bertz CT molecular complexity index is 744. The average molecular weight is 291 g/mol. The van der Waals surface area contributed by atoms with Crippen LogP contribution < -0.4 is 5.73 Å². The highest BCUT2D eigenvalue weighted by atomic mass is 35.5. The van der Waals surface area contributed by atoms with Crippen LogP contribution in [0.5, 0.6) is 0 Å². The van der Waals surface area contributed by atoms with Gasteiger partial charge in [0.25, 0.3) is 0 Å². The van der Waals surface area contributed by atoms with Crippen molar-refractivity contribution in [3.05, 3.63) is 40.9 Å². The Morgan fingerprint density at radius 1 is 1.35 bits per heavy atom. The first-order valence-electron chi connectivity index (χ1n) is 6.45. The molecule has 3 aromatic rings. The van der Waals surface area contributed by atoms with E-state index >= 15 is 0 Å². The summed E-state index contributed by atoms with van der Waals surface area (Å²) >= 11 is 6.06. The fourth-order valence-electron chi connectivity index (χ4n) is 2.27. The van der Waals surface area contributed by atoms with Crippen molar-refractivity contribution in [2.24, 2.45) is 5.73 Å². The first-order chi connectivity index (χ1) is 9.71. The van der Waals surface area contributed by atoms with Gasteiger partial charge in [0, 0.05) is 18.1 Å². The zero-order valence-electron chi connectivity index (χ0n) is 11.1. The highest BCUT2D eigenvalue weighted by molar-refractivity contribution is 6.31. The molecule has 0 amide bonds. The Labute approximate surface area is 121 Å². The van der Waals surface area contributed by atoms with E-state index in [1.165, 1.54) is 0 Å². The average Bonchev–Trinajstić information content (AvgIpc) is 3.02. The summed E-state index contributed by atoms with van der Waals surface area (Å²) < 4.78 is 3.88. The third-order valence-electron chi connectivity index (χ3n) is 3.20. The van der Waals surface area contributed by atoms with Crippen LogP contribution in [0.15, 0.2) is 24.4 Å². The van der Waals surface area contributed by atoms with Crippen molar-refractivity contribution in [1.82, 2.24) is 24.5 Å². The van der Waals surface area contributed by atoms with Crippen molar-refractivity contribution in [2.75, 3.05) is 0 Å². The summed E-state index contributed by atoms with van der Waals surface area (Å²) in [5.41, 5.74) is 8.28. The summed E-state index contributed by atoms with van der Waals surface area (Å²) in [4.78, 5) is 4.64. The van der Waals surface area contributed by atoms with Crippen molar-refractivity contribution >= 4 is 22.6 Å². The SMILES string of the molecule is CCn1c(Cn2cc(CN)nn2)nc2ccc(Cl)cc21. The lowest BCUT2D eigenvalue weighted by molar-refractivity contribution is 0.594. The standard InChI is InChI=1S/C13H15ClN6/c1-2-20-12-5-9(14)3-4-11(12)16-13(20)8-19-7-10(6-15)17-18-19/h3-5,7H,2,6,8,15H2,1H3. The van der Waals surface area contributed by atoms with Gasteiger partial charge in [0.05, 0.1) is 22.9 Å². The number of benzene rings is 1. The number of imidazole rings is 1. The second-order valence-electron chi connectivity index (χ2n) is 4.52. The predicted octanol–water partition coefficient (Wildman–Crippen LogP) is 1.81. The van der Waals surface area contributed by atoms with Gasteiger partial charge in [-0.3, -0.25) is 0 Å². The Kier molecular flexibility index (Phi) is 3.42. The molecule has 2 heterocycles. The van der Waals surface area contributed by atoms with Gasteiger partial charge in [0.2, 0.25) is 0 Å². The molecule has 104 valence electrons. The van der Waals surface area contributed by atoms with Crippen LogP contribution in [0.3, 0.4) is 0 Å². The molecule has 0 spiro atoms. The van der Waals surface area contributed by atoms with Crippen molar-refractivity contribution in [2.45, 2.75) is 26.6 Å². The van der Waals surface area contributed by atoms with E-state index in [4.69, 9.17) is 17.3 Å². The lowest BCUT2D eigenvalue weighted by Crippen LogP contribution is -2.08. The molecule has 0 saturated carbocycles. The van der Waals surface area contributed by atoms with Gasteiger partial charge in [-0.1, -0.05) is 16.8 Å². The summed E-state index contributed by atoms with van der Waals surface area (Å²) in [5, 5.41) is 8.75. The molecule has 0 fully saturated rings. The van der Waals surface area contributed by atoms with E-state index in [1.54, 1.807) is 4.68 Å². The molecule has 6 nitrogen and oxygen atoms in total. The van der Waals surface area contributed by atoms with Crippen LogP contribution in [0, 0.1) is 0 Å². The molecule has 2 aromatic heterocycles. The van der Waals surface area contributed by atoms with Crippen molar-refractivity contribution in [3.8, 4) is 0 Å². The van der Waals surface area contributed by atoms with E-state index in [2.05, 4.69) is 26.8 Å². The molecule has 7 heteroatoms. The van der Waals surface area contributed by atoms with Crippen LogP contribution in [0.25, 0.3) is 11.0 Å². The molecule has 0 aliphatic heterocycles. The molecular weight excluding hydrogens is 276 g/mol. The summed E-state index contributed by atoms with van der Waals surface area (Å²) in [6.45, 7) is 3.86. The first kappa shape index (κ1) is 13.1. The molecule has 20 heavy (non-hydrogen) atoms. The Morgan fingerprint density at radius 2 is 2.20 bits per heavy atom. The quantitative estimate of drug-likeness (QED) is 0.795. The van der Waals surface area contributed by atoms with Crippen molar-refractivity contribution in [1.29, 1.82) is 0 Å². The van der Waals surface area contributed by atoms with E-state index in [1.807, 2.05) is 24.4 Å². The van der Waals surface area contributed by atoms with E-state index in [-0.39, 0.29) is 0 Å². The molecule has 0 unspecified atom stereocenters. The Hall–Kier alpha value is -1.92. The molecule has 0 aliphatic carbocycles. The molecule has 2 N–H and O–H groups in total. The molecule has 0 radical (unpaired) electrons. The van der Waals surface area contributed by atoms with Gasteiger partial charge < -0.3 is 10.3 Å². The molecule has 0 aliphatic rings. The number of nitrogens with zero attached hydrogens (tertiary/aromatic N) is 5. The Balaban J connectivity index is 2.02. The largest absolute Gasteiger partial charge is 0.327 e. The van der Waals surface area contributed by atoms with Gasteiger partial charge in [0.1, 0.15) is 12.4 Å². The van der Waals surface area contributed by atoms with Crippen LogP contribution >= 0.6 is 11.6 Å². The maximum Gasteiger partial charge on any atom is 0.131 e. The fraction of sp³-hybridized carbons (Fsp3) is 0.308. The highest BCUT2D eigenvalue weighted by Crippen LogP contribution is 2.21. The molecule has 0 atom stereocenters. The molecule has 0 bridgehead atoms. The second kappa shape index (κ2) is 5.22. The number of hydrogen-bond donors (Lipinski definition) is 1. The van der Waals surface area contributed by atoms with Gasteiger partial charge >= 0.3 is 0 Å². The summed E-state index contributed by atoms with van der Waals surface area (Å²) in [5.74, 6) is 0.929. The number of fused-ring (bicyclic) bond motifs is 1. The van der Waals surface area contributed by atoms with Crippen LogP contribution in [0.2, 0.25) is 5.02 Å². The fourth-order valence-corrected chi connectivity index (χ4v) is 2.44. The van der Waals surface area contributed by atoms with Crippen LogP contribution in [-0.2, 0) is 19.6 Å². The molecule has 3 rings (SSSR count). The maximum absolute atomic E-state index is 6.06. The topological polar surface area (TPSA) is 74.5 Å². The van der Waals surface area contributed by atoms with E-state index in [0.717, 1.165) is 29.1 Å². The van der Waals surface area contributed by atoms with Crippen molar-refractivity contribution < 1.29 is 0 Å². The number of hydrogen-bond acceptors (Lipinski definition) is 4. The number of halogens is 1. The minimum Gasteiger partial charge on any atom is -0.327 e. The highest BCUT2D eigenvalue weighted by Gasteiger charge is 2.11. The molecule has 1 aromatic carbocycles. The van der Waals surface area contributed by atoms with Gasteiger partial charge in [-0.05, 0) is 25.1 Å². The summed E-state index contributed by atoms with van der Waals surface area (Å²) in [6, 6.07) is 5.71. The van der Waals surface area contributed by atoms with Gasteiger partial charge in [-0.25, -0.2) is 9.67 Å². The first-order valence-corrected chi connectivity index (χ1v) is 6.82. The summed E-state index contributed by atoms with van der Waals surface area (Å²) in [6.07, 6.45) is 1.84. The predicted molar refractivity (Wildman–Crippen MR) is 77.4 cm³/mol. The normalized spacial score (nSPS) is 11.3. The monoisotopic (exact) mass is 290 g/mol. The number of aromatic nitrogens is 5. The van der Waals surface area contributed by atoms with Gasteiger partial charge in [-0.15, -0.1) is 5.10 Å². The molecular formula is C13H15ClN6. The zero-order valence-corrected chi connectivity index (χ0v) is 11.9. The van der Waals surface area contributed by atoms with Crippen molar-refractivity contribution in [3.63, 3.8) is 0 Å². The van der Waals surface area contributed by atoms with E-state index in [0.29, 0.717) is 18.1 Å². The number of aryl methyl sites for hydroxylation is 1. The molecule has 0 saturated heterocycles. The van der Waals surface area contributed by atoms with E-state index < -0.39 is 0 Å². The zero-order chi connectivity index (χ0) is 14.1. The van der Waals surface area contributed by atoms with Gasteiger partial charge in [-0.2, -0.15) is 0 Å². The third-order valence-corrected chi connectivity index (χ3v) is 3.44. The van der Waals surface area contributed by atoms with Gasteiger partial charge in [0.15, 0.2) is 0 Å². The van der Waals surface area contributed by atoms with Crippen LogP contribution in [0.4, 0.5) is 0 Å². The third kappa shape index (κ3) is 2.28. The van der Waals surface area contributed by atoms with Crippen LogP contribution in [0.1, 0.15) is 18.4 Å². The minimum atomic E-state index is 0.389. The van der Waals surface area contributed by atoms with E-state index in [9.17, 15) is 0 Å². The smallest absolute Gasteiger partial charge is 0.131 e. The van der Waals surface area contributed by atoms with Crippen LogP contribution in [-0.4, -0.2) is 24.5 Å². The maximum atomic E-state index is 6.06. The summed E-state index contributed by atoms with van der Waals surface area (Å²) in [7, 11) is 0.